The van der Waals surface area contributed by atoms with Crippen LogP contribution in [0, 0.1) is 0 Å². The van der Waals surface area contributed by atoms with Crippen molar-refractivity contribution in [1.29, 1.82) is 0 Å². The van der Waals surface area contributed by atoms with Crippen molar-refractivity contribution in [2.75, 3.05) is 6.54 Å². The first kappa shape index (κ1) is 14.1. The fourth-order valence-electron chi connectivity index (χ4n) is 2.01. The molecule has 1 unspecified atom stereocenters. The maximum atomic E-state index is 5.43. The SMILES string of the molecule is NC(N)=NCC(NCc1ccccc1)c1ccccc1. The van der Waals surface area contributed by atoms with Gasteiger partial charge < -0.3 is 16.8 Å². The number of hydrogen-bond donors (Lipinski definition) is 3. The van der Waals surface area contributed by atoms with Gasteiger partial charge in [0.15, 0.2) is 5.96 Å². The van der Waals surface area contributed by atoms with Gasteiger partial charge in [-0.15, -0.1) is 0 Å². The lowest BCUT2D eigenvalue weighted by Gasteiger charge is -2.17. The van der Waals surface area contributed by atoms with Crippen LogP contribution in [0.5, 0.6) is 0 Å². The Labute approximate surface area is 119 Å². The summed E-state index contributed by atoms with van der Waals surface area (Å²) in [6, 6.07) is 20.5. The van der Waals surface area contributed by atoms with Crippen LogP contribution in [0.3, 0.4) is 0 Å². The molecule has 4 nitrogen and oxygen atoms in total. The molecule has 0 saturated heterocycles. The van der Waals surface area contributed by atoms with E-state index in [9.17, 15) is 0 Å². The van der Waals surface area contributed by atoms with E-state index >= 15 is 0 Å². The van der Waals surface area contributed by atoms with Crippen LogP contribution in [-0.2, 0) is 6.54 Å². The number of rotatable bonds is 6. The largest absolute Gasteiger partial charge is 0.370 e. The van der Waals surface area contributed by atoms with Crippen LogP contribution in [0.25, 0.3) is 0 Å². The molecule has 0 radical (unpaired) electrons. The molecule has 0 aliphatic heterocycles. The third-order valence-electron chi connectivity index (χ3n) is 3.05. The Morgan fingerprint density at radius 2 is 1.55 bits per heavy atom. The van der Waals surface area contributed by atoms with Crippen molar-refractivity contribution in [2.24, 2.45) is 16.5 Å². The topological polar surface area (TPSA) is 76.4 Å². The van der Waals surface area contributed by atoms with Crippen LogP contribution >= 0.6 is 0 Å². The Hall–Kier alpha value is -2.33. The van der Waals surface area contributed by atoms with E-state index in [0.29, 0.717) is 6.54 Å². The Morgan fingerprint density at radius 1 is 0.950 bits per heavy atom. The summed E-state index contributed by atoms with van der Waals surface area (Å²) in [4.78, 5) is 4.12. The third kappa shape index (κ3) is 4.40. The highest BCUT2D eigenvalue weighted by Gasteiger charge is 2.10. The summed E-state index contributed by atoms with van der Waals surface area (Å²) >= 11 is 0. The Bertz CT molecular complexity index is 533. The van der Waals surface area contributed by atoms with Gasteiger partial charge in [0.05, 0.1) is 12.6 Å². The van der Waals surface area contributed by atoms with Gasteiger partial charge in [0, 0.05) is 6.54 Å². The molecule has 2 rings (SSSR count). The van der Waals surface area contributed by atoms with Gasteiger partial charge in [-0.05, 0) is 11.1 Å². The summed E-state index contributed by atoms with van der Waals surface area (Å²) in [5.74, 6) is 0.118. The summed E-state index contributed by atoms with van der Waals surface area (Å²) < 4.78 is 0. The quantitative estimate of drug-likeness (QED) is 0.552. The minimum Gasteiger partial charge on any atom is -0.370 e. The predicted molar refractivity (Wildman–Crippen MR) is 83.1 cm³/mol. The summed E-state index contributed by atoms with van der Waals surface area (Å²) in [7, 11) is 0. The summed E-state index contributed by atoms with van der Waals surface area (Å²) in [5.41, 5.74) is 13.3. The molecule has 20 heavy (non-hydrogen) atoms. The number of benzene rings is 2. The lowest BCUT2D eigenvalue weighted by atomic mass is 10.1. The number of nitrogens with zero attached hydrogens (tertiary/aromatic N) is 1. The molecule has 4 heteroatoms. The summed E-state index contributed by atoms with van der Waals surface area (Å²) in [6.45, 7) is 1.31. The van der Waals surface area contributed by atoms with Gasteiger partial charge >= 0.3 is 0 Å². The molecule has 104 valence electrons. The number of hydrogen-bond acceptors (Lipinski definition) is 2. The Kier molecular flexibility index (Phi) is 5.15. The second-order valence-electron chi connectivity index (χ2n) is 4.60. The molecule has 1 atom stereocenters. The standard InChI is InChI=1S/C16H20N4/c17-16(18)20-12-15(14-9-5-2-6-10-14)19-11-13-7-3-1-4-8-13/h1-10,15,19H,11-12H2,(H4,17,18,20). The number of aliphatic imine (C=N–C) groups is 1. The second-order valence-corrected chi connectivity index (χ2v) is 4.60. The number of nitrogens with one attached hydrogen (secondary N) is 1. The van der Waals surface area contributed by atoms with E-state index in [1.165, 1.54) is 11.1 Å². The number of guanidine groups is 1. The molecule has 5 N–H and O–H groups in total. The van der Waals surface area contributed by atoms with E-state index in [1.54, 1.807) is 0 Å². The fourth-order valence-corrected chi connectivity index (χ4v) is 2.01. The average Bonchev–Trinajstić information content (AvgIpc) is 2.49. The van der Waals surface area contributed by atoms with Crippen molar-refractivity contribution < 1.29 is 0 Å². The van der Waals surface area contributed by atoms with Crippen molar-refractivity contribution in [3.8, 4) is 0 Å². The smallest absolute Gasteiger partial charge is 0.185 e. The molecule has 0 aliphatic carbocycles. The number of nitrogens with two attached hydrogens (primary N) is 2. The van der Waals surface area contributed by atoms with Crippen molar-refractivity contribution in [2.45, 2.75) is 12.6 Å². The monoisotopic (exact) mass is 268 g/mol. The van der Waals surface area contributed by atoms with E-state index < -0.39 is 0 Å². The van der Waals surface area contributed by atoms with Crippen molar-refractivity contribution >= 4 is 5.96 Å². The van der Waals surface area contributed by atoms with E-state index in [4.69, 9.17) is 11.5 Å². The van der Waals surface area contributed by atoms with E-state index in [1.807, 2.05) is 36.4 Å². The molecular formula is C16H20N4. The van der Waals surface area contributed by atoms with Gasteiger partial charge in [0.25, 0.3) is 0 Å². The molecule has 2 aromatic carbocycles. The van der Waals surface area contributed by atoms with Crippen LogP contribution in [0.1, 0.15) is 17.2 Å². The molecule has 0 fully saturated rings. The Balaban J connectivity index is 2.05. The Morgan fingerprint density at radius 3 is 2.15 bits per heavy atom. The van der Waals surface area contributed by atoms with Crippen LogP contribution < -0.4 is 16.8 Å². The molecule has 0 spiro atoms. The lowest BCUT2D eigenvalue weighted by Crippen LogP contribution is -2.28. The highest BCUT2D eigenvalue weighted by atomic mass is 15.0. The van der Waals surface area contributed by atoms with Gasteiger partial charge in [-0.3, -0.25) is 4.99 Å². The van der Waals surface area contributed by atoms with Crippen LogP contribution in [-0.4, -0.2) is 12.5 Å². The van der Waals surface area contributed by atoms with Crippen LogP contribution in [0.2, 0.25) is 0 Å². The highest BCUT2D eigenvalue weighted by Crippen LogP contribution is 2.14. The molecule has 0 aliphatic rings. The minimum absolute atomic E-state index is 0.0958. The van der Waals surface area contributed by atoms with Gasteiger partial charge in [-0.25, -0.2) is 0 Å². The average molecular weight is 268 g/mol. The summed E-state index contributed by atoms with van der Waals surface area (Å²) in [5, 5.41) is 3.49. The predicted octanol–water partition coefficient (Wildman–Crippen LogP) is 1.79. The van der Waals surface area contributed by atoms with Gasteiger partial charge in [-0.1, -0.05) is 60.7 Å². The maximum Gasteiger partial charge on any atom is 0.185 e. The van der Waals surface area contributed by atoms with Gasteiger partial charge in [0.2, 0.25) is 0 Å². The zero-order valence-electron chi connectivity index (χ0n) is 11.4. The minimum atomic E-state index is 0.0958. The second kappa shape index (κ2) is 7.31. The molecule has 0 amide bonds. The lowest BCUT2D eigenvalue weighted by molar-refractivity contribution is 0.542. The normalized spacial score (nSPS) is 11.8. The zero-order valence-corrected chi connectivity index (χ0v) is 11.4. The molecular weight excluding hydrogens is 248 g/mol. The van der Waals surface area contributed by atoms with Gasteiger partial charge in [0.1, 0.15) is 0 Å². The van der Waals surface area contributed by atoms with Crippen molar-refractivity contribution in [3.63, 3.8) is 0 Å². The van der Waals surface area contributed by atoms with E-state index in [2.05, 4.69) is 34.6 Å². The molecule has 2 aromatic rings. The fraction of sp³-hybridized carbons (Fsp3) is 0.188. The zero-order chi connectivity index (χ0) is 14.2. The first-order valence-electron chi connectivity index (χ1n) is 6.63. The summed E-state index contributed by atoms with van der Waals surface area (Å²) in [6.07, 6.45) is 0. The molecule has 0 heterocycles. The third-order valence-corrected chi connectivity index (χ3v) is 3.05. The first-order chi connectivity index (χ1) is 9.75. The van der Waals surface area contributed by atoms with E-state index in [-0.39, 0.29) is 12.0 Å². The van der Waals surface area contributed by atoms with Crippen LogP contribution in [0.4, 0.5) is 0 Å². The van der Waals surface area contributed by atoms with Crippen molar-refractivity contribution in [3.05, 3.63) is 71.8 Å². The van der Waals surface area contributed by atoms with Gasteiger partial charge in [-0.2, -0.15) is 0 Å². The molecule has 0 aromatic heterocycles. The molecule has 0 bridgehead atoms. The van der Waals surface area contributed by atoms with Crippen LogP contribution in [0.15, 0.2) is 65.7 Å². The first-order valence-corrected chi connectivity index (χ1v) is 6.63. The highest BCUT2D eigenvalue weighted by molar-refractivity contribution is 5.75. The molecule has 0 saturated carbocycles. The van der Waals surface area contributed by atoms with E-state index in [0.717, 1.165) is 6.54 Å². The van der Waals surface area contributed by atoms with Crippen molar-refractivity contribution in [1.82, 2.24) is 5.32 Å². The maximum absolute atomic E-state index is 5.43.